The van der Waals surface area contributed by atoms with Crippen molar-refractivity contribution in [3.63, 3.8) is 0 Å². The fourth-order valence-corrected chi connectivity index (χ4v) is 0.799. The second-order valence-corrected chi connectivity index (χ2v) is 2.20. The quantitative estimate of drug-likeness (QED) is 0.302. The lowest BCUT2D eigenvalue weighted by Gasteiger charge is -1.98. The fraction of sp³-hybridized carbons (Fsp3) is 0. The van der Waals surface area contributed by atoms with Crippen LogP contribution in [-0.2, 0) is 4.89 Å². The third kappa shape index (κ3) is 1.90. The zero-order valence-corrected chi connectivity index (χ0v) is 6.66. The number of aromatic amines is 2. The molecule has 0 spiro atoms. The number of H-pyrrole nitrogens is 2. The minimum atomic E-state index is -1.23. The third-order valence-electron chi connectivity index (χ3n) is 1.26. The van der Waals surface area contributed by atoms with Crippen LogP contribution >= 0.6 is 0 Å². The van der Waals surface area contributed by atoms with Crippen molar-refractivity contribution in [2.45, 2.75) is 0 Å². The molecule has 9 heteroatoms. The first kappa shape index (κ1) is 9.80. The van der Waals surface area contributed by atoms with E-state index in [4.69, 9.17) is 11.0 Å². The standard InChI is InChI=1S/C5H6N4O5/c6-4(11)8-2-1(3(10)14-13)7-5(12)9-2/h13H,(H3,6,8,11)(H2,7,9,12). The number of hydrogen-bond donors (Lipinski definition) is 5. The van der Waals surface area contributed by atoms with Crippen LogP contribution in [0.25, 0.3) is 0 Å². The number of rotatable bonds is 2. The molecule has 0 unspecified atom stereocenters. The summed E-state index contributed by atoms with van der Waals surface area (Å²) in [6.07, 6.45) is 0. The molecule has 0 atom stereocenters. The highest BCUT2D eigenvalue weighted by molar-refractivity contribution is 5.97. The molecule has 0 saturated carbocycles. The normalized spacial score (nSPS) is 9.50. The molecule has 0 aliphatic heterocycles. The predicted molar refractivity (Wildman–Crippen MR) is 42.7 cm³/mol. The van der Waals surface area contributed by atoms with Gasteiger partial charge in [0.25, 0.3) is 0 Å². The first-order valence-electron chi connectivity index (χ1n) is 3.29. The summed E-state index contributed by atoms with van der Waals surface area (Å²) in [5.74, 6) is -1.51. The van der Waals surface area contributed by atoms with Crippen LogP contribution in [0.1, 0.15) is 10.5 Å². The summed E-state index contributed by atoms with van der Waals surface area (Å²) in [5.41, 5.74) is 3.55. The molecule has 0 aliphatic carbocycles. The zero-order valence-electron chi connectivity index (χ0n) is 6.66. The van der Waals surface area contributed by atoms with Crippen molar-refractivity contribution < 1.29 is 19.7 Å². The maximum absolute atomic E-state index is 10.8. The van der Waals surface area contributed by atoms with Crippen molar-refractivity contribution in [1.82, 2.24) is 9.97 Å². The van der Waals surface area contributed by atoms with Crippen molar-refractivity contribution in [2.24, 2.45) is 5.73 Å². The lowest BCUT2D eigenvalue weighted by Crippen LogP contribution is -2.21. The van der Waals surface area contributed by atoms with Gasteiger partial charge in [0.15, 0.2) is 5.69 Å². The van der Waals surface area contributed by atoms with E-state index >= 15 is 0 Å². The Morgan fingerprint density at radius 2 is 2.07 bits per heavy atom. The van der Waals surface area contributed by atoms with Crippen LogP contribution in [0.2, 0.25) is 0 Å². The van der Waals surface area contributed by atoms with Crippen LogP contribution in [0.15, 0.2) is 4.79 Å². The van der Waals surface area contributed by atoms with Gasteiger partial charge >= 0.3 is 17.7 Å². The SMILES string of the molecule is NC(=O)Nc1[nH]c(=O)[nH]c1C(=O)OO. The molecule has 1 heterocycles. The third-order valence-corrected chi connectivity index (χ3v) is 1.26. The summed E-state index contributed by atoms with van der Waals surface area (Å²) in [6, 6.07) is -0.979. The number of imidazole rings is 1. The van der Waals surface area contributed by atoms with Gasteiger partial charge in [-0.3, -0.25) is 20.2 Å². The van der Waals surface area contributed by atoms with Crippen molar-refractivity contribution in [3.8, 4) is 0 Å². The number of carbonyl (C=O) groups is 2. The summed E-state index contributed by atoms with van der Waals surface area (Å²) in [5, 5.41) is 9.98. The van der Waals surface area contributed by atoms with Crippen molar-refractivity contribution in [2.75, 3.05) is 5.32 Å². The molecule has 0 bridgehead atoms. The molecule has 0 aromatic carbocycles. The highest BCUT2D eigenvalue weighted by Crippen LogP contribution is 2.07. The smallest absolute Gasteiger partial charge is 0.351 e. The van der Waals surface area contributed by atoms with Gasteiger partial charge < -0.3 is 5.73 Å². The van der Waals surface area contributed by atoms with Crippen LogP contribution in [0.5, 0.6) is 0 Å². The highest BCUT2D eigenvalue weighted by atomic mass is 17.1. The van der Waals surface area contributed by atoms with Crippen molar-refractivity contribution >= 4 is 17.8 Å². The van der Waals surface area contributed by atoms with E-state index in [0.29, 0.717) is 0 Å². The van der Waals surface area contributed by atoms with Gasteiger partial charge in [0, 0.05) is 0 Å². The van der Waals surface area contributed by atoms with E-state index in [2.05, 4.69) is 9.87 Å². The number of anilines is 1. The van der Waals surface area contributed by atoms with E-state index in [9.17, 15) is 14.4 Å². The molecule has 1 rings (SSSR count). The molecule has 0 saturated heterocycles. The lowest BCUT2D eigenvalue weighted by molar-refractivity contribution is -0.183. The summed E-state index contributed by atoms with van der Waals surface area (Å²) >= 11 is 0. The van der Waals surface area contributed by atoms with Gasteiger partial charge in [-0.1, -0.05) is 0 Å². The molecular weight excluding hydrogens is 196 g/mol. The number of nitrogens with one attached hydrogen (secondary N) is 3. The number of nitrogens with two attached hydrogens (primary N) is 1. The second kappa shape index (κ2) is 3.62. The van der Waals surface area contributed by atoms with Gasteiger partial charge in [0.2, 0.25) is 0 Å². The molecule has 9 nitrogen and oxygen atoms in total. The first-order chi connectivity index (χ1) is 6.54. The molecule has 1 aromatic heterocycles. The Labute approximate surface area is 75.8 Å². The summed E-state index contributed by atoms with van der Waals surface area (Å²) < 4.78 is 0. The van der Waals surface area contributed by atoms with Crippen LogP contribution < -0.4 is 16.7 Å². The van der Waals surface area contributed by atoms with Crippen molar-refractivity contribution in [1.29, 1.82) is 0 Å². The number of urea groups is 1. The Morgan fingerprint density at radius 1 is 1.43 bits per heavy atom. The second-order valence-electron chi connectivity index (χ2n) is 2.20. The van der Waals surface area contributed by atoms with Gasteiger partial charge in [-0.25, -0.2) is 14.4 Å². The Morgan fingerprint density at radius 3 is 2.57 bits per heavy atom. The first-order valence-corrected chi connectivity index (χ1v) is 3.29. The largest absolute Gasteiger partial charge is 0.392 e. The molecule has 6 N–H and O–H groups in total. The number of hydrogen-bond acceptors (Lipinski definition) is 5. The summed E-state index contributed by atoms with van der Waals surface area (Å²) in [7, 11) is 0. The average molecular weight is 202 g/mol. The predicted octanol–water partition coefficient (Wildman–Crippen LogP) is -1.18. The van der Waals surface area contributed by atoms with Crippen LogP contribution in [0.3, 0.4) is 0 Å². The molecule has 0 radical (unpaired) electrons. The van der Waals surface area contributed by atoms with Crippen LogP contribution in [0, 0.1) is 0 Å². The lowest BCUT2D eigenvalue weighted by atomic mass is 10.4. The maximum Gasteiger partial charge on any atom is 0.392 e. The maximum atomic E-state index is 10.8. The Kier molecular flexibility index (Phi) is 2.53. The van der Waals surface area contributed by atoms with E-state index < -0.39 is 23.4 Å². The number of primary amides is 1. The monoisotopic (exact) mass is 202 g/mol. The van der Waals surface area contributed by atoms with Crippen molar-refractivity contribution in [3.05, 3.63) is 16.2 Å². The minimum absolute atomic E-state index is 0.276. The molecule has 14 heavy (non-hydrogen) atoms. The van der Waals surface area contributed by atoms with Gasteiger partial charge in [-0.15, -0.1) is 0 Å². The molecule has 0 aliphatic rings. The Hall–Kier alpha value is -2.29. The molecular formula is C5H6N4O5. The van der Waals surface area contributed by atoms with Crippen LogP contribution in [-0.4, -0.2) is 27.2 Å². The molecule has 1 aromatic rings. The van der Waals surface area contributed by atoms with E-state index in [-0.39, 0.29) is 5.82 Å². The van der Waals surface area contributed by atoms with E-state index in [1.807, 2.05) is 10.3 Å². The Bertz CT molecular complexity index is 418. The van der Waals surface area contributed by atoms with Gasteiger partial charge in [-0.2, -0.15) is 5.26 Å². The van der Waals surface area contributed by atoms with E-state index in [1.165, 1.54) is 0 Å². The zero-order chi connectivity index (χ0) is 10.7. The van der Waals surface area contributed by atoms with Gasteiger partial charge in [-0.05, 0) is 0 Å². The summed E-state index contributed by atoms with van der Waals surface area (Å²) in [6.45, 7) is 0. The highest BCUT2D eigenvalue weighted by Gasteiger charge is 2.17. The van der Waals surface area contributed by atoms with Gasteiger partial charge in [0.05, 0.1) is 0 Å². The molecule has 76 valence electrons. The molecule has 0 fully saturated rings. The van der Waals surface area contributed by atoms with Gasteiger partial charge in [0.1, 0.15) is 5.82 Å². The number of amides is 2. The Balaban J connectivity index is 3.08. The number of carbonyl (C=O) groups excluding carboxylic acids is 2. The topological polar surface area (TPSA) is 150 Å². The molecule has 2 amide bonds. The van der Waals surface area contributed by atoms with E-state index in [1.54, 1.807) is 0 Å². The van der Waals surface area contributed by atoms with Crippen LogP contribution in [0.4, 0.5) is 10.6 Å². The van der Waals surface area contributed by atoms with E-state index in [0.717, 1.165) is 0 Å². The average Bonchev–Trinajstić information content (AvgIpc) is 2.44. The summed E-state index contributed by atoms with van der Waals surface area (Å²) in [4.78, 5) is 39.3. The number of aromatic nitrogens is 2. The fourth-order valence-electron chi connectivity index (χ4n) is 0.799. The minimum Gasteiger partial charge on any atom is -0.351 e.